The van der Waals surface area contributed by atoms with Crippen LogP contribution in [0.15, 0.2) is 34.2 Å². The summed E-state index contributed by atoms with van der Waals surface area (Å²) in [6.07, 6.45) is 3.94. The molecule has 1 amide bonds. The van der Waals surface area contributed by atoms with Gasteiger partial charge in [-0.2, -0.15) is 0 Å². The van der Waals surface area contributed by atoms with Gasteiger partial charge in [0, 0.05) is 38.4 Å². The molecule has 0 radical (unpaired) electrons. The molecule has 2 rings (SSSR count). The van der Waals surface area contributed by atoms with Crippen molar-refractivity contribution in [3.63, 3.8) is 0 Å². The summed E-state index contributed by atoms with van der Waals surface area (Å²) in [5.74, 6) is 1.08. The Hall–Kier alpha value is -1.36. The molecule has 3 N–H and O–H groups in total. The molecular formula is C18H29IN4O3S. The van der Waals surface area contributed by atoms with Crippen LogP contribution in [0.5, 0.6) is 0 Å². The zero-order valence-electron chi connectivity index (χ0n) is 15.8. The van der Waals surface area contributed by atoms with Crippen molar-refractivity contribution >= 4 is 45.7 Å². The second-order valence-electron chi connectivity index (χ2n) is 6.42. The van der Waals surface area contributed by atoms with Crippen LogP contribution < -0.4 is 16.0 Å². The summed E-state index contributed by atoms with van der Waals surface area (Å²) in [5, 5.41) is 9.27. The molecular weight excluding hydrogens is 479 g/mol. The number of benzene rings is 1. The molecule has 0 aromatic heterocycles. The van der Waals surface area contributed by atoms with Crippen molar-refractivity contribution in [2.45, 2.75) is 31.1 Å². The maximum Gasteiger partial charge on any atom is 0.223 e. The van der Waals surface area contributed by atoms with Gasteiger partial charge in [-0.15, -0.1) is 24.0 Å². The molecule has 7 nitrogen and oxygen atoms in total. The number of nitrogens with zero attached hydrogens (tertiary/aromatic N) is 1. The lowest BCUT2D eigenvalue weighted by Crippen LogP contribution is -2.41. The first-order valence-electron chi connectivity index (χ1n) is 8.99. The number of guanidine groups is 1. The van der Waals surface area contributed by atoms with E-state index >= 15 is 0 Å². The Kier molecular flexibility index (Phi) is 10.1. The number of hydrogen-bond acceptors (Lipinski definition) is 4. The minimum absolute atomic E-state index is 0. The van der Waals surface area contributed by atoms with Crippen LogP contribution in [-0.4, -0.2) is 52.7 Å². The molecule has 9 heteroatoms. The van der Waals surface area contributed by atoms with Gasteiger partial charge >= 0.3 is 0 Å². The molecule has 152 valence electrons. The Labute approximate surface area is 178 Å². The summed E-state index contributed by atoms with van der Waals surface area (Å²) in [7, 11) is -3.16. The number of aliphatic imine (C=N–C) groups is 1. The van der Waals surface area contributed by atoms with E-state index in [0.29, 0.717) is 30.5 Å². The third-order valence-corrected chi connectivity index (χ3v) is 5.16. The maximum atomic E-state index is 11.6. The van der Waals surface area contributed by atoms with Gasteiger partial charge in [0.1, 0.15) is 0 Å². The van der Waals surface area contributed by atoms with Gasteiger partial charge in [-0.1, -0.05) is 12.1 Å². The number of carbonyl (C=O) groups excluding carboxylic acids is 1. The normalized spacial score (nSPS) is 14.2. The highest BCUT2D eigenvalue weighted by molar-refractivity contribution is 14.0. The summed E-state index contributed by atoms with van der Waals surface area (Å²) >= 11 is 0. The molecule has 27 heavy (non-hydrogen) atoms. The highest BCUT2D eigenvalue weighted by atomic mass is 127. The summed E-state index contributed by atoms with van der Waals surface area (Å²) in [6, 6.07) is 6.89. The van der Waals surface area contributed by atoms with E-state index in [4.69, 9.17) is 0 Å². The van der Waals surface area contributed by atoms with E-state index in [2.05, 4.69) is 20.9 Å². The molecule has 0 saturated heterocycles. The first-order valence-corrected chi connectivity index (χ1v) is 10.9. The van der Waals surface area contributed by atoms with E-state index in [1.807, 2.05) is 19.1 Å². The number of halogens is 1. The van der Waals surface area contributed by atoms with Crippen molar-refractivity contribution in [3.05, 3.63) is 29.8 Å². The highest BCUT2D eigenvalue weighted by Crippen LogP contribution is 2.28. The molecule has 0 heterocycles. The van der Waals surface area contributed by atoms with E-state index in [9.17, 15) is 13.2 Å². The van der Waals surface area contributed by atoms with Crippen LogP contribution in [0.4, 0.5) is 0 Å². The van der Waals surface area contributed by atoms with E-state index < -0.39 is 9.84 Å². The molecule has 0 bridgehead atoms. The van der Waals surface area contributed by atoms with Crippen molar-refractivity contribution in [1.82, 2.24) is 16.0 Å². The van der Waals surface area contributed by atoms with Gasteiger partial charge in [0.2, 0.25) is 5.91 Å². The fourth-order valence-electron chi connectivity index (χ4n) is 2.40. The van der Waals surface area contributed by atoms with Gasteiger partial charge in [-0.05, 0) is 43.9 Å². The standard InChI is InChI=1S/C18H28N4O3S.HI/c1-3-19-18(22-13-12-20-17(23)15-6-7-15)21-11-10-14-4-8-16(9-5-14)26(2,24)25;/h4-5,8-9,15H,3,6-7,10-13H2,1-2H3,(H,20,23)(H2,19,21,22);1H. The fraction of sp³-hybridized carbons (Fsp3) is 0.556. The lowest BCUT2D eigenvalue weighted by atomic mass is 10.1. The van der Waals surface area contributed by atoms with Gasteiger partial charge in [-0.3, -0.25) is 9.79 Å². The van der Waals surface area contributed by atoms with Crippen molar-refractivity contribution in [3.8, 4) is 0 Å². The van der Waals surface area contributed by atoms with Crippen LogP contribution in [0, 0.1) is 5.92 Å². The Morgan fingerprint density at radius 2 is 1.74 bits per heavy atom. The molecule has 1 saturated carbocycles. The first kappa shape index (κ1) is 23.7. The summed E-state index contributed by atoms with van der Waals surface area (Å²) in [5.41, 5.74) is 1.04. The van der Waals surface area contributed by atoms with Crippen LogP contribution in [0.1, 0.15) is 25.3 Å². The Balaban J connectivity index is 0.00000364. The molecule has 1 aliphatic carbocycles. The Morgan fingerprint density at radius 1 is 1.11 bits per heavy atom. The molecule has 0 aliphatic heterocycles. The number of amides is 1. The molecule has 0 unspecified atom stereocenters. The van der Waals surface area contributed by atoms with Crippen molar-refractivity contribution in [2.75, 3.05) is 32.4 Å². The quantitative estimate of drug-likeness (QED) is 0.202. The topological polar surface area (TPSA) is 99.7 Å². The highest BCUT2D eigenvalue weighted by Gasteiger charge is 2.28. The van der Waals surface area contributed by atoms with E-state index in [0.717, 1.165) is 31.4 Å². The maximum absolute atomic E-state index is 11.6. The van der Waals surface area contributed by atoms with E-state index in [1.165, 1.54) is 6.26 Å². The average Bonchev–Trinajstić information content (AvgIpc) is 3.43. The van der Waals surface area contributed by atoms with Crippen LogP contribution >= 0.6 is 24.0 Å². The monoisotopic (exact) mass is 508 g/mol. The largest absolute Gasteiger partial charge is 0.357 e. The molecule has 0 atom stereocenters. The molecule has 0 spiro atoms. The zero-order chi connectivity index (χ0) is 19.0. The van der Waals surface area contributed by atoms with Crippen molar-refractivity contribution in [2.24, 2.45) is 10.9 Å². The SMILES string of the molecule is CCNC(=NCCc1ccc(S(C)(=O)=O)cc1)NCCNC(=O)C1CC1.I. The van der Waals surface area contributed by atoms with Crippen LogP contribution in [0.25, 0.3) is 0 Å². The smallest absolute Gasteiger partial charge is 0.223 e. The van der Waals surface area contributed by atoms with Crippen molar-refractivity contribution in [1.29, 1.82) is 0 Å². The number of nitrogens with one attached hydrogen (secondary N) is 3. The van der Waals surface area contributed by atoms with Crippen LogP contribution in [0.3, 0.4) is 0 Å². The van der Waals surface area contributed by atoms with Gasteiger partial charge < -0.3 is 16.0 Å². The number of rotatable bonds is 9. The summed E-state index contributed by atoms with van der Waals surface area (Å²) < 4.78 is 22.9. The predicted molar refractivity (Wildman–Crippen MR) is 118 cm³/mol. The lowest BCUT2D eigenvalue weighted by molar-refractivity contribution is -0.122. The first-order chi connectivity index (χ1) is 12.4. The Morgan fingerprint density at radius 3 is 2.30 bits per heavy atom. The second kappa shape index (κ2) is 11.5. The average molecular weight is 508 g/mol. The van der Waals surface area contributed by atoms with Gasteiger partial charge in [0.25, 0.3) is 0 Å². The number of sulfone groups is 1. The minimum atomic E-state index is -3.16. The van der Waals surface area contributed by atoms with Crippen LogP contribution in [0.2, 0.25) is 0 Å². The summed E-state index contributed by atoms with van der Waals surface area (Å²) in [6.45, 7) is 4.53. The molecule has 1 aromatic carbocycles. The Bertz CT molecular complexity index is 731. The van der Waals surface area contributed by atoms with Crippen LogP contribution in [-0.2, 0) is 21.1 Å². The second-order valence-corrected chi connectivity index (χ2v) is 8.43. The van der Waals surface area contributed by atoms with Gasteiger partial charge in [-0.25, -0.2) is 8.42 Å². The molecule has 1 fully saturated rings. The van der Waals surface area contributed by atoms with Gasteiger partial charge in [0.15, 0.2) is 15.8 Å². The third kappa shape index (κ3) is 8.91. The van der Waals surface area contributed by atoms with Gasteiger partial charge in [0.05, 0.1) is 4.90 Å². The fourth-order valence-corrected chi connectivity index (χ4v) is 3.03. The lowest BCUT2D eigenvalue weighted by Gasteiger charge is -2.12. The van der Waals surface area contributed by atoms with E-state index in [-0.39, 0.29) is 35.8 Å². The summed E-state index contributed by atoms with van der Waals surface area (Å²) in [4.78, 5) is 16.4. The predicted octanol–water partition coefficient (Wildman–Crippen LogP) is 1.33. The molecule has 1 aromatic rings. The zero-order valence-corrected chi connectivity index (χ0v) is 19.0. The third-order valence-electron chi connectivity index (χ3n) is 4.03. The number of carbonyl (C=O) groups is 1. The minimum Gasteiger partial charge on any atom is -0.357 e. The molecule has 1 aliphatic rings. The van der Waals surface area contributed by atoms with E-state index in [1.54, 1.807) is 12.1 Å². The number of hydrogen-bond donors (Lipinski definition) is 3. The van der Waals surface area contributed by atoms with Crippen molar-refractivity contribution < 1.29 is 13.2 Å².